The smallest absolute Gasteiger partial charge is 0.133 e. The molecule has 1 atom stereocenters. The van der Waals surface area contributed by atoms with Crippen molar-refractivity contribution in [3.8, 4) is 0 Å². The lowest BCUT2D eigenvalue weighted by atomic mass is 9.97. The molecule has 2 heteroatoms. The summed E-state index contributed by atoms with van der Waals surface area (Å²) >= 11 is 0. The highest BCUT2D eigenvalue weighted by molar-refractivity contribution is 5.87. The molecule has 1 heterocycles. The van der Waals surface area contributed by atoms with Gasteiger partial charge in [0.1, 0.15) is 5.78 Å². The van der Waals surface area contributed by atoms with Crippen molar-refractivity contribution in [3.63, 3.8) is 0 Å². The van der Waals surface area contributed by atoms with Gasteiger partial charge in [-0.25, -0.2) is 0 Å². The van der Waals surface area contributed by atoms with Gasteiger partial charge in [-0.3, -0.25) is 4.79 Å². The molecule has 1 aliphatic carbocycles. The van der Waals surface area contributed by atoms with Gasteiger partial charge >= 0.3 is 0 Å². The Morgan fingerprint density at radius 1 is 1.27 bits per heavy atom. The summed E-state index contributed by atoms with van der Waals surface area (Å²) in [5, 5.41) is 1.28. The maximum atomic E-state index is 11.3. The average Bonchev–Trinajstić information content (AvgIpc) is 2.83. The Kier molecular flexibility index (Phi) is 1.88. The molecule has 3 rings (SSSR count). The summed E-state index contributed by atoms with van der Waals surface area (Å²) < 4.78 is 0. The van der Waals surface area contributed by atoms with Crippen LogP contribution in [0.25, 0.3) is 10.9 Å². The predicted octanol–water partition coefficient (Wildman–Crippen LogP) is 3.00. The molecule has 1 fully saturated rings. The number of carbonyl (C=O) groups is 1. The highest BCUT2D eigenvalue weighted by atomic mass is 16.1. The van der Waals surface area contributed by atoms with Gasteiger partial charge in [0.2, 0.25) is 0 Å². The quantitative estimate of drug-likeness (QED) is 0.752. The number of benzene rings is 1. The van der Waals surface area contributed by atoms with Gasteiger partial charge < -0.3 is 4.98 Å². The zero-order valence-electron chi connectivity index (χ0n) is 8.49. The standard InChI is InChI=1S/C13H13NO/c15-10-6-5-9(7-10)12-8-14-13-4-2-1-3-11(12)13/h1-4,8-9,14H,5-7H2/t9-/m1/s1. The van der Waals surface area contributed by atoms with Crippen molar-refractivity contribution < 1.29 is 4.79 Å². The molecule has 1 N–H and O–H groups in total. The number of aromatic amines is 1. The Morgan fingerprint density at radius 2 is 2.13 bits per heavy atom. The fraction of sp³-hybridized carbons (Fsp3) is 0.308. The van der Waals surface area contributed by atoms with Gasteiger partial charge in [-0.2, -0.15) is 0 Å². The van der Waals surface area contributed by atoms with Gasteiger partial charge in [0.25, 0.3) is 0 Å². The average molecular weight is 199 g/mol. The SMILES string of the molecule is O=C1CC[C@@H](c2c[nH]c3ccccc23)C1. The third kappa shape index (κ3) is 1.37. The number of Topliss-reactive ketones (excluding diaryl/α,β-unsaturated/α-hetero) is 1. The third-order valence-electron chi connectivity index (χ3n) is 3.31. The monoisotopic (exact) mass is 199 g/mol. The van der Waals surface area contributed by atoms with Crippen LogP contribution in [0.5, 0.6) is 0 Å². The van der Waals surface area contributed by atoms with E-state index in [9.17, 15) is 4.79 Å². The maximum absolute atomic E-state index is 11.3. The van der Waals surface area contributed by atoms with Gasteiger partial charge in [0, 0.05) is 29.9 Å². The van der Waals surface area contributed by atoms with E-state index in [2.05, 4.69) is 29.4 Å². The Hall–Kier alpha value is -1.57. The third-order valence-corrected chi connectivity index (χ3v) is 3.31. The summed E-state index contributed by atoms with van der Waals surface area (Å²) in [4.78, 5) is 14.5. The van der Waals surface area contributed by atoms with Crippen molar-refractivity contribution in [2.75, 3.05) is 0 Å². The van der Waals surface area contributed by atoms with E-state index in [-0.39, 0.29) is 0 Å². The second-order valence-electron chi connectivity index (χ2n) is 4.27. The molecule has 2 aromatic rings. The van der Waals surface area contributed by atoms with Gasteiger partial charge in [-0.15, -0.1) is 0 Å². The van der Waals surface area contributed by atoms with Crippen LogP contribution in [0, 0.1) is 0 Å². The van der Waals surface area contributed by atoms with E-state index in [1.54, 1.807) is 0 Å². The molecule has 1 aromatic carbocycles. The Morgan fingerprint density at radius 3 is 2.93 bits per heavy atom. The Labute approximate surface area is 88.3 Å². The molecule has 0 spiro atoms. The van der Waals surface area contributed by atoms with Crippen LogP contribution in [0.4, 0.5) is 0 Å². The van der Waals surface area contributed by atoms with Crippen molar-refractivity contribution in [2.24, 2.45) is 0 Å². The first-order valence-corrected chi connectivity index (χ1v) is 5.42. The first-order chi connectivity index (χ1) is 7.34. The predicted molar refractivity (Wildman–Crippen MR) is 59.9 cm³/mol. The summed E-state index contributed by atoms with van der Waals surface area (Å²) in [5.74, 6) is 0.846. The van der Waals surface area contributed by atoms with E-state index in [0.29, 0.717) is 11.7 Å². The van der Waals surface area contributed by atoms with E-state index < -0.39 is 0 Å². The number of rotatable bonds is 1. The summed E-state index contributed by atoms with van der Waals surface area (Å²) in [6.07, 6.45) is 4.56. The molecule has 0 radical (unpaired) electrons. The lowest BCUT2D eigenvalue weighted by Crippen LogP contribution is -1.92. The number of nitrogens with one attached hydrogen (secondary N) is 1. The molecule has 15 heavy (non-hydrogen) atoms. The van der Waals surface area contributed by atoms with Crippen LogP contribution in [0.1, 0.15) is 30.7 Å². The molecule has 0 aliphatic heterocycles. The van der Waals surface area contributed by atoms with Crippen LogP contribution in [0.3, 0.4) is 0 Å². The summed E-state index contributed by atoms with van der Waals surface area (Å²) in [6.45, 7) is 0. The van der Waals surface area contributed by atoms with Gasteiger partial charge in [-0.1, -0.05) is 18.2 Å². The van der Waals surface area contributed by atoms with Crippen LogP contribution in [0.15, 0.2) is 30.5 Å². The lowest BCUT2D eigenvalue weighted by molar-refractivity contribution is -0.117. The topological polar surface area (TPSA) is 32.9 Å². The molecule has 0 amide bonds. The van der Waals surface area contributed by atoms with Crippen molar-refractivity contribution in [3.05, 3.63) is 36.0 Å². The van der Waals surface area contributed by atoms with Crippen LogP contribution in [-0.2, 0) is 4.79 Å². The van der Waals surface area contributed by atoms with E-state index in [1.165, 1.54) is 16.5 Å². The first kappa shape index (κ1) is 8.72. The molecule has 0 saturated heterocycles. The lowest BCUT2D eigenvalue weighted by Gasteiger charge is -2.05. The summed E-state index contributed by atoms with van der Waals surface area (Å²) in [6, 6.07) is 8.29. The second-order valence-corrected chi connectivity index (χ2v) is 4.27. The number of para-hydroxylation sites is 1. The first-order valence-electron chi connectivity index (χ1n) is 5.42. The number of hydrogen-bond acceptors (Lipinski definition) is 1. The Balaban J connectivity index is 2.07. The van der Waals surface area contributed by atoms with Crippen molar-refractivity contribution in [2.45, 2.75) is 25.2 Å². The molecule has 1 aromatic heterocycles. The van der Waals surface area contributed by atoms with Crippen molar-refractivity contribution in [1.82, 2.24) is 4.98 Å². The van der Waals surface area contributed by atoms with E-state index >= 15 is 0 Å². The van der Waals surface area contributed by atoms with Gasteiger partial charge in [0.15, 0.2) is 0 Å². The van der Waals surface area contributed by atoms with Crippen LogP contribution < -0.4 is 0 Å². The van der Waals surface area contributed by atoms with Gasteiger partial charge in [0.05, 0.1) is 0 Å². The molecular formula is C13H13NO. The van der Waals surface area contributed by atoms with Crippen molar-refractivity contribution >= 4 is 16.7 Å². The number of aromatic nitrogens is 1. The molecule has 76 valence electrons. The molecule has 1 saturated carbocycles. The minimum Gasteiger partial charge on any atom is -0.361 e. The number of hydrogen-bond donors (Lipinski definition) is 1. The number of H-pyrrole nitrogens is 1. The zero-order valence-corrected chi connectivity index (χ0v) is 8.49. The fourth-order valence-electron chi connectivity index (χ4n) is 2.51. The normalized spacial score (nSPS) is 21.3. The maximum Gasteiger partial charge on any atom is 0.133 e. The van der Waals surface area contributed by atoms with Crippen LogP contribution in [-0.4, -0.2) is 10.8 Å². The summed E-state index contributed by atoms with van der Waals surface area (Å²) in [7, 11) is 0. The van der Waals surface area contributed by atoms with Crippen LogP contribution >= 0.6 is 0 Å². The summed E-state index contributed by atoms with van der Waals surface area (Å²) in [5.41, 5.74) is 2.49. The van der Waals surface area contributed by atoms with Crippen molar-refractivity contribution in [1.29, 1.82) is 0 Å². The van der Waals surface area contributed by atoms with Crippen LogP contribution in [0.2, 0.25) is 0 Å². The Bertz CT molecular complexity index is 512. The number of fused-ring (bicyclic) bond motifs is 1. The highest BCUT2D eigenvalue weighted by Gasteiger charge is 2.25. The second kappa shape index (κ2) is 3.23. The van der Waals surface area contributed by atoms with E-state index in [4.69, 9.17) is 0 Å². The molecule has 0 bridgehead atoms. The number of carbonyl (C=O) groups excluding carboxylic acids is 1. The fourth-order valence-corrected chi connectivity index (χ4v) is 2.51. The number of ketones is 1. The van der Waals surface area contributed by atoms with E-state index in [0.717, 1.165) is 19.3 Å². The largest absolute Gasteiger partial charge is 0.361 e. The molecule has 1 aliphatic rings. The minimum absolute atomic E-state index is 0.408. The molecule has 2 nitrogen and oxygen atoms in total. The zero-order chi connectivity index (χ0) is 10.3. The van der Waals surface area contributed by atoms with E-state index in [1.807, 2.05) is 6.07 Å². The van der Waals surface area contributed by atoms with Gasteiger partial charge in [-0.05, 0) is 24.0 Å². The molecule has 0 unspecified atom stereocenters. The molecular weight excluding hydrogens is 186 g/mol. The highest BCUT2D eigenvalue weighted by Crippen LogP contribution is 2.35. The minimum atomic E-state index is 0.408.